The first-order valence-corrected chi connectivity index (χ1v) is 17.3. The Morgan fingerprint density at radius 1 is 0.915 bits per heavy atom. The van der Waals surface area contributed by atoms with Crippen LogP contribution in [-0.4, -0.2) is 50.9 Å². The van der Waals surface area contributed by atoms with E-state index in [0.29, 0.717) is 16.3 Å². The van der Waals surface area contributed by atoms with E-state index in [4.69, 9.17) is 16.3 Å². The molecule has 1 N–H and O–H groups in total. The van der Waals surface area contributed by atoms with E-state index in [2.05, 4.69) is 5.32 Å². The van der Waals surface area contributed by atoms with Gasteiger partial charge in [-0.3, -0.25) is 13.9 Å². The SMILES string of the molecule is COc1ccc(S(=O)(=O)N(CC(=O)N(Cc2ccccc2Cl)C(Cc2ccccc2)C(=O)NC2CCCC2)c2ccc(F)cc2)cc1. The Morgan fingerprint density at radius 3 is 2.19 bits per heavy atom. The van der Waals surface area contributed by atoms with Gasteiger partial charge >= 0.3 is 0 Å². The molecule has 1 fully saturated rings. The molecule has 0 radical (unpaired) electrons. The van der Waals surface area contributed by atoms with Gasteiger partial charge in [0.25, 0.3) is 10.0 Å². The molecule has 2 amide bonds. The van der Waals surface area contributed by atoms with Crippen molar-refractivity contribution >= 4 is 39.1 Å². The number of nitrogens with zero attached hydrogens (tertiary/aromatic N) is 2. The van der Waals surface area contributed by atoms with E-state index in [1.54, 1.807) is 24.3 Å². The summed E-state index contributed by atoms with van der Waals surface area (Å²) in [6, 6.07) is 26.0. The molecular formula is C36H37ClFN3O5S. The fourth-order valence-electron chi connectivity index (χ4n) is 5.74. The van der Waals surface area contributed by atoms with Crippen molar-refractivity contribution in [3.63, 3.8) is 0 Å². The van der Waals surface area contributed by atoms with Gasteiger partial charge in [-0.05, 0) is 78.6 Å². The quantitative estimate of drug-likeness (QED) is 0.177. The van der Waals surface area contributed by atoms with Crippen molar-refractivity contribution in [1.29, 1.82) is 0 Å². The highest BCUT2D eigenvalue weighted by molar-refractivity contribution is 7.92. The zero-order chi connectivity index (χ0) is 33.4. The van der Waals surface area contributed by atoms with Crippen molar-refractivity contribution in [1.82, 2.24) is 10.2 Å². The van der Waals surface area contributed by atoms with E-state index in [1.165, 1.54) is 48.4 Å². The van der Waals surface area contributed by atoms with Gasteiger partial charge in [0.05, 0.1) is 17.7 Å². The molecule has 1 aliphatic carbocycles. The molecule has 0 aliphatic heterocycles. The van der Waals surface area contributed by atoms with Crippen LogP contribution in [0, 0.1) is 5.82 Å². The Bertz CT molecular complexity index is 1770. The van der Waals surface area contributed by atoms with Gasteiger partial charge in [-0.1, -0.05) is 73.0 Å². The first-order valence-electron chi connectivity index (χ1n) is 15.5. The van der Waals surface area contributed by atoms with E-state index >= 15 is 0 Å². The maximum atomic E-state index is 14.6. The molecule has 0 bridgehead atoms. The lowest BCUT2D eigenvalue weighted by molar-refractivity contribution is -0.140. The first-order chi connectivity index (χ1) is 22.7. The highest BCUT2D eigenvalue weighted by Crippen LogP contribution is 2.28. The lowest BCUT2D eigenvalue weighted by Crippen LogP contribution is -2.54. The minimum absolute atomic E-state index is 0.01000. The summed E-state index contributed by atoms with van der Waals surface area (Å²) in [6.07, 6.45) is 3.90. The largest absolute Gasteiger partial charge is 0.497 e. The minimum atomic E-state index is -4.34. The fourth-order valence-corrected chi connectivity index (χ4v) is 7.35. The second-order valence-corrected chi connectivity index (χ2v) is 13.7. The molecule has 1 aliphatic rings. The Kier molecular flexibility index (Phi) is 11.2. The molecule has 0 spiro atoms. The smallest absolute Gasteiger partial charge is 0.264 e. The Hall–Kier alpha value is -4.41. The maximum Gasteiger partial charge on any atom is 0.264 e. The van der Waals surface area contributed by atoms with E-state index in [0.717, 1.165) is 47.7 Å². The van der Waals surface area contributed by atoms with Gasteiger partial charge in [0.2, 0.25) is 11.8 Å². The number of sulfonamides is 1. The van der Waals surface area contributed by atoms with Crippen LogP contribution in [0.4, 0.5) is 10.1 Å². The molecule has 4 aromatic rings. The monoisotopic (exact) mass is 677 g/mol. The molecular weight excluding hydrogens is 641 g/mol. The number of carbonyl (C=O) groups is 2. The molecule has 8 nitrogen and oxygen atoms in total. The Labute approximate surface area is 280 Å². The van der Waals surface area contributed by atoms with Crippen molar-refractivity contribution in [2.75, 3.05) is 18.0 Å². The van der Waals surface area contributed by atoms with Crippen LogP contribution >= 0.6 is 11.6 Å². The third-order valence-corrected chi connectivity index (χ3v) is 10.5. The molecule has 1 unspecified atom stereocenters. The number of nitrogens with one attached hydrogen (secondary N) is 1. The summed E-state index contributed by atoms with van der Waals surface area (Å²) < 4.78 is 48.4. The molecule has 1 atom stereocenters. The summed E-state index contributed by atoms with van der Waals surface area (Å²) in [4.78, 5) is 29.9. The van der Waals surface area contributed by atoms with E-state index in [1.807, 2.05) is 30.3 Å². The molecule has 11 heteroatoms. The van der Waals surface area contributed by atoms with Crippen molar-refractivity contribution in [2.45, 2.75) is 55.6 Å². The number of hydrogen-bond acceptors (Lipinski definition) is 5. The number of anilines is 1. The molecule has 0 heterocycles. The van der Waals surface area contributed by atoms with Crippen LogP contribution in [0.25, 0.3) is 0 Å². The van der Waals surface area contributed by atoms with Crippen molar-refractivity contribution in [3.05, 3.63) is 125 Å². The zero-order valence-corrected chi connectivity index (χ0v) is 27.6. The predicted molar refractivity (Wildman–Crippen MR) is 180 cm³/mol. The number of hydrogen-bond donors (Lipinski definition) is 1. The van der Waals surface area contributed by atoms with Crippen molar-refractivity contribution in [2.24, 2.45) is 0 Å². The van der Waals surface area contributed by atoms with Gasteiger partial charge in [-0.15, -0.1) is 0 Å². The second-order valence-electron chi connectivity index (χ2n) is 11.5. The van der Waals surface area contributed by atoms with Gasteiger partial charge in [-0.2, -0.15) is 0 Å². The van der Waals surface area contributed by atoms with Crippen LogP contribution in [0.3, 0.4) is 0 Å². The highest BCUT2D eigenvalue weighted by atomic mass is 35.5. The summed E-state index contributed by atoms with van der Waals surface area (Å²) >= 11 is 6.56. The van der Waals surface area contributed by atoms with Crippen LogP contribution in [0.2, 0.25) is 5.02 Å². The summed E-state index contributed by atoms with van der Waals surface area (Å²) in [6.45, 7) is -0.708. The highest BCUT2D eigenvalue weighted by Gasteiger charge is 2.36. The fraction of sp³-hybridized carbons (Fsp3) is 0.278. The molecule has 0 saturated heterocycles. The van der Waals surface area contributed by atoms with E-state index in [9.17, 15) is 22.4 Å². The number of amides is 2. The number of benzene rings is 4. The topological polar surface area (TPSA) is 96.0 Å². The first kappa shape index (κ1) is 33.9. The molecule has 0 aromatic heterocycles. The maximum absolute atomic E-state index is 14.6. The summed E-state index contributed by atoms with van der Waals surface area (Å²) in [5.74, 6) is -1.06. The minimum Gasteiger partial charge on any atom is -0.497 e. The van der Waals surface area contributed by atoms with Crippen LogP contribution < -0.4 is 14.4 Å². The number of ether oxygens (including phenoxy) is 1. The lowest BCUT2D eigenvalue weighted by Gasteiger charge is -2.34. The van der Waals surface area contributed by atoms with Crippen LogP contribution in [0.1, 0.15) is 36.8 Å². The average Bonchev–Trinajstić information content (AvgIpc) is 3.60. The van der Waals surface area contributed by atoms with Crippen molar-refractivity contribution < 1.29 is 27.1 Å². The second kappa shape index (κ2) is 15.5. The predicted octanol–water partition coefficient (Wildman–Crippen LogP) is 6.38. The number of halogens is 2. The van der Waals surface area contributed by atoms with Gasteiger partial charge in [0.15, 0.2) is 0 Å². The summed E-state index contributed by atoms with van der Waals surface area (Å²) in [5.41, 5.74) is 1.51. The Balaban J connectivity index is 1.56. The number of rotatable bonds is 13. The average molecular weight is 678 g/mol. The van der Waals surface area contributed by atoms with Crippen LogP contribution in [0.5, 0.6) is 5.75 Å². The summed E-state index contributed by atoms with van der Waals surface area (Å²) in [7, 11) is -2.88. The van der Waals surface area contributed by atoms with E-state index in [-0.39, 0.29) is 35.5 Å². The zero-order valence-electron chi connectivity index (χ0n) is 26.0. The van der Waals surface area contributed by atoms with Gasteiger partial charge in [-0.25, -0.2) is 12.8 Å². The molecule has 5 rings (SSSR count). The standard InChI is InChI=1S/C36H37ClFN3O5S/c1-46-31-19-21-32(22-20-31)47(44,45)41(30-17-15-28(38)16-18-30)25-35(42)40(24-27-11-5-8-14-33(27)37)34(23-26-9-3-2-4-10-26)36(43)39-29-12-6-7-13-29/h2-5,8-11,14-22,29,34H,6-7,12-13,23-25H2,1H3,(H,39,43). The third-order valence-electron chi connectivity index (χ3n) is 8.31. The third kappa shape index (κ3) is 8.50. The lowest BCUT2D eigenvalue weighted by atomic mass is 10.0. The van der Waals surface area contributed by atoms with Crippen LogP contribution in [-0.2, 0) is 32.6 Å². The Morgan fingerprint density at radius 2 is 1.55 bits per heavy atom. The number of carbonyl (C=O) groups excluding carboxylic acids is 2. The molecule has 1 saturated carbocycles. The normalized spacial score (nSPS) is 13.9. The van der Waals surface area contributed by atoms with Gasteiger partial charge < -0.3 is 15.0 Å². The molecule has 47 heavy (non-hydrogen) atoms. The van der Waals surface area contributed by atoms with Crippen LogP contribution in [0.15, 0.2) is 108 Å². The van der Waals surface area contributed by atoms with Gasteiger partial charge in [0.1, 0.15) is 24.2 Å². The molecule has 4 aromatic carbocycles. The van der Waals surface area contributed by atoms with Gasteiger partial charge in [0, 0.05) is 24.0 Å². The molecule has 246 valence electrons. The number of methoxy groups -OCH3 is 1. The van der Waals surface area contributed by atoms with E-state index < -0.39 is 34.3 Å². The van der Waals surface area contributed by atoms with Crippen molar-refractivity contribution in [3.8, 4) is 5.75 Å². The summed E-state index contributed by atoms with van der Waals surface area (Å²) in [5, 5.41) is 3.55.